The lowest BCUT2D eigenvalue weighted by atomic mass is 10.1. The third-order valence-corrected chi connectivity index (χ3v) is 3.93. The first-order valence-electron chi connectivity index (χ1n) is 7.43. The van der Waals surface area contributed by atoms with Crippen LogP contribution in [-0.2, 0) is 16.0 Å². The zero-order valence-corrected chi connectivity index (χ0v) is 12.7. The van der Waals surface area contributed by atoms with Gasteiger partial charge in [0.05, 0.1) is 0 Å². The van der Waals surface area contributed by atoms with Gasteiger partial charge in [0.15, 0.2) is 6.61 Å². The third-order valence-electron chi connectivity index (χ3n) is 3.93. The summed E-state index contributed by atoms with van der Waals surface area (Å²) in [5.41, 5.74) is 2.03. The maximum atomic E-state index is 12.4. The van der Waals surface area contributed by atoms with Gasteiger partial charge in [0.1, 0.15) is 11.3 Å². The Morgan fingerprint density at radius 2 is 1.87 bits per heavy atom. The van der Waals surface area contributed by atoms with Crippen molar-refractivity contribution in [2.75, 3.05) is 11.5 Å². The van der Waals surface area contributed by atoms with Crippen molar-refractivity contribution in [3.63, 3.8) is 0 Å². The minimum atomic E-state index is -0.711. The van der Waals surface area contributed by atoms with Crippen molar-refractivity contribution in [3.05, 3.63) is 59.7 Å². The van der Waals surface area contributed by atoms with Crippen LogP contribution in [0.2, 0.25) is 0 Å². The van der Waals surface area contributed by atoms with E-state index in [2.05, 4.69) is 0 Å². The van der Waals surface area contributed by atoms with Crippen LogP contribution in [0.1, 0.15) is 22.8 Å². The second-order valence-corrected chi connectivity index (χ2v) is 5.54. The van der Waals surface area contributed by atoms with E-state index in [0.29, 0.717) is 0 Å². The molecule has 2 aromatic rings. The summed E-state index contributed by atoms with van der Waals surface area (Å²) in [5.74, 6) is -1.15. The standard InChI is InChI=1S/C18H17NO4/c1-12-10-13-6-2-4-8-15(13)19(12)17(21)11-23-18(22)14-7-3-5-9-16(14)20/h2-9,12,20H,10-11H2,1H3/t12-/m1/s1. The number of rotatable bonds is 3. The van der Waals surface area contributed by atoms with Gasteiger partial charge in [-0.25, -0.2) is 4.79 Å². The first-order chi connectivity index (χ1) is 11.1. The van der Waals surface area contributed by atoms with Gasteiger partial charge in [0.25, 0.3) is 5.91 Å². The molecule has 1 atom stereocenters. The van der Waals surface area contributed by atoms with E-state index in [-0.39, 0.29) is 29.9 Å². The number of esters is 1. The molecule has 2 aromatic carbocycles. The molecule has 3 rings (SSSR count). The normalized spacial score (nSPS) is 16.0. The summed E-state index contributed by atoms with van der Waals surface area (Å²) in [6.45, 7) is 1.61. The number of amides is 1. The van der Waals surface area contributed by atoms with E-state index in [0.717, 1.165) is 17.7 Å². The lowest BCUT2D eigenvalue weighted by Crippen LogP contribution is -2.38. The van der Waals surface area contributed by atoms with Gasteiger partial charge >= 0.3 is 5.97 Å². The number of nitrogens with zero attached hydrogens (tertiary/aromatic N) is 1. The van der Waals surface area contributed by atoms with Crippen molar-refractivity contribution in [1.29, 1.82) is 0 Å². The van der Waals surface area contributed by atoms with Gasteiger partial charge in [-0.3, -0.25) is 4.79 Å². The van der Waals surface area contributed by atoms with Gasteiger partial charge in [-0.2, -0.15) is 0 Å². The van der Waals surface area contributed by atoms with Crippen LogP contribution >= 0.6 is 0 Å². The van der Waals surface area contributed by atoms with Gasteiger partial charge in [-0.1, -0.05) is 30.3 Å². The van der Waals surface area contributed by atoms with Crippen LogP contribution in [0, 0.1) is 0 Å². The summed E-state index contributed by atoms with van der Waals surface area (Å²) in [5, 5.41) is 9.63. The zero-order chi connectivity index (χ0) is 16.4. The van der Waals surface area contributed by atoms with Gasteiger partial charge in [0, 0.05) is 11.7 Å². The Kier molecular flexibility index (Phi) is 4.02. The van der Waals surface area contributed by atoms with Gasteiger partial charge < -0.3 is 14.7 Å². The van der Waals surface area contributed by atoms with Crippen molar-refractivity contribution >= 4 is 17.6 Å². The number of hydrogen-bond acceptors (Lipinski definition) is 4. The number of phenolic OH excluding ortho intramolecular Hbond substituents is 1. The quantitative estimate of drug-likeness (QED) is 0.885. The monoisotopic (exact) mass is 311 g/mol. The predicted octanol–water partition coefficient (Wildman–Crippen LogP) is 2.53. The lowest BCUT2D eigenvalue weighted by Gasteiger charge is -2.22. The molecule has 5 heteroatoms. The molecule has 0 aliphatic carbocycles. The molecule has 1 amide bonds. The number of fused-ring (bicyclic) bond motifs is 1. The van der Waals surface area contributed by atoms with Gasteiger partial charge in [-0.15, -0.1) is 0 Å². The van der Waals surface area contributed by atoms with E-state index in [1.165, 1.54) is 12.1 Å². The number of anilines is 1. The highest BCUT2D eigenvalue weighted by molar-refractivity contribution is 5.99. The number of carbonyl (C=O) groups is 2. The first kappa shape index (κ1) is 15.1. The Bertz CT molecular complexity index is 756. The lowest BCUT2D eigenvalue weighted by molar-refractivity contribution is -0.122. The second-order valence-electron chi connectivity index (χ2n) is 5.54. The minimum absolute atomic E-state index is 0.0312. The summed E-state index contributed by atoms with van der Waals surface area (Å²) in [7, 11) is 0. The molecule has 5 nitrogen and oxygen atoms in total. The van der Waals surface area contributed by atoms with Crippen LogP contribution in [0.4, 0.5) is 5.69 Å². The fourth-order valence-electron chi connectivity index (χ4n) is 2.87. The van der Waals surface area contributed by atoms with E-state index in [1.54, 1.807) is 17.0 Å². The average molecular weight is 311 g/mol. The average Bonchev–Trinajstić information content (AvgIpc) is 2.88. The van der Waals surface area contributed by atoms with E-state index in [1.807, 2.05) is 31.2 Å². The van der Waals surface area contributed by atoms with E-state index < -0.39 is 5.97 Å². The van der Waals surface area contributed by atoms with Crippen LogP contribution in [0.5, 0.6) is 5.75 Å². The highest BCUT2D eigenvalue weighted by Crippen LogP contribution is 2.31. The maximum absolute atomic E-state index is 12.4. The summed E-state index contributed by atoms with van der Waals surface area (Å²) < 4.78 is 5.06. The number of aromatic hydroxyl groups is 1. The van der Waals surface area contributed by atoms with Gasteiger partial charge in [0.2, 0.25) is 0 Å². The summed E-state index contributed by atoms with van der Waals surface area (Å²) in [4.78, 5) is 26.0. The summed E-state index contributed by atoms with van der Waals surface area (Å²) in [6.07, 6.45) is 0.787. The SMILES string of the molecule is C[C@@H]1Cc2ccccc2N1C(=O)COC(=O)c1ccccc1O. The Morgan fingerprint density at radius 1 is 1.17 bits per heavy atom. The zero-order valence-electron chi connectivity index (χ0n) is 12.7. The number of para-hydroxylation sites is 2. The van der Waals surface area contributed by atoms with Crippen molar-refractivity contribution in [2.24, 2.45) is 0 Å². The molecule has 0 fully saturated rings. The second kappa shape index (κ2) is 6.12. The summed E-state index contributed by atoms with van der Waals surface area (Å²) >= 11 is 0. The van der Waals surface area contributed by atoms with Crippen molar-refractivity contribution in [3.8, 4) is 5.75 Å². The number of carbonyl (C=O) groups excluding carboxylic acids is 2. The van der Waals surface area contributed by atoms with Crippen molar-refractivity contribution in [1.82, 2.24) is 0 Å². The molecule has 1 aliphatic rings. The molecular weight excluding hydrogens is 294 g/mol. The van der Waals surface area contributed by atoms with Crippen LogP contribution in [-0.4, -0.2) is 29.6 Å². The molecule has 0 unspecified atom stereocenters. The van der Waals surface area contributed by atoms with Crippen LogP contribution in [0.3, 0.4) is 0 Å². The number of hydrogen-bond donors (Lipinski definition) is 1. The largest absolute Gasteiger partial charge is 0.507 e. The van der Waals surface area contributed by atoms with Gasteiger partial charge in [-0.05, 0) is 37.1 Å². The highest BCUT2D eigenvalue weighted by Gasteiger charge is 2.31. The maximum Gasteiger partial charge on any atom is 0.342 e. The Morgan fingerprint density at radius 3 is 2.65 bits per heavy atom. The molecule has 0 aromatic heterocycles. The number of benzene rings is 2. The number of ether oxygens (including phenoxy) is 1. The Balaban J connectivity index is 1.69. The molecule has 0 saturated carbocycles. The minimum Gasteiger partial charge on any atom is -0.507 e. The molecule has 118 valence electrons. The molecule has 1 heterocycles. The molecular formula is C18H17NO4. The third kappa shape index (κ3) is 2.90. The molecule has 0 saturated heterocycles. The van der Waals surface area contributed by atoms with E-state index >= 15 is 0 Å². The summed E-state index contributed by atoms with van der Waals surface area (Å²) in [6, 6.07) is 13.8. The molecule has 0 bridgehead atoms. The number of phenols is 1. The fraction of sp³-hybridized carbons (Fsp3) is 0.222. The highest BCUT2D eigenvalue weighted by atomic mass is 16.5. The molecule has 0 spiro atoms. The van der Waals surface area contributed by atoms with Crippen LogP contribution in [0.25, 0.3) is 0 Å². The first-order valence-corrected chi connectivity index (χ1v) is 7.43. The Labute approximate surface area is 134 Å². The topological polar surface area (TPSA) is 66.8 Å². The van der Waals surface area contributed by atoms with Crippen molar-refractivity contribution in [2.45, 2.75) is 19.4 Å². The Hall–Kier alpha value is -2.82. The van der Waals surface area contributed by atoms with Crippen LogP contribution in [0.15, 0.2) is 48.5 Å². The predicted molar refractivity (Wildman–Crippen MR) is 85.5 cm³/mol. The molecule has 1 N–H and O–H groups in total. The van der Waals surface area contributed by atoms with Crippen molar-refractivity contribution < 1.29 is 19.4 Å². The smallest absolute Gasteiger partial charge is 0.342 e. The fourth-order valence-corrected chi connectivity index (χ4v) is 2.87. The van der Waals surface area contributed by atoms with Crippen LogP contribution < -0.4 is 4.90 Å². The molecule has 23 heavy (non-hydrogen) atoms. The molecule has 0 radical (unpaired) electrons. The van der Waals surface area contributed by atoms with E-state index in [4.69, 9.17) is 4.74 Å². The van der Waals surface area contributed by atoms with E-state index in [9.17, 15) is 14.7 Å². The molecule has 1 aliphatic heterocycles.